The first-order valence-electron chi connectivity index (χ1n) is 6.03. The fraction of sp³-hybridized carbons (Fsp3) is 0.214. The van der Waals surface area contributed by atoms with Crippen molar-refractivity contribution in [3.63, 3.8) is 0 Å². The third kappa shape index (κ3) is 3.15. The maximum Gasteiger partial charge on any atom is 0.243 e. The van der Waals surface area contributed by atoms with Crippen molar-refractivity contribution in [1.82, 2.24) is 9.29 Å². The average molecular weight is 292 g/mol. The Morgan fingerprint density at radius 2 is 1.70 bits per heavy atom. The Kier molecular flexibility index (Phi) is 4.36. The lowest BCUT2D eigenvalue weighted by Gasteiger charge is -2.17. The van der Waals surface area contributed by atoms with Gasteiger partial charge < -0.3 is 4.74 Å². The normalized spacial score (nSPS) is 11.6. The number of aromatic nitrogens is 1. The Bertz CT molecular complexity index is 655. The van der Waals surface area contributed by atoms with E-state index in [1.54, 1.807) is 14.2 Å². The number of sulfonamides is 1. The molecule has 1 heterocycles. The van der Waals surface area contributed by atoms with Gasteiger partial charge in [-0.2, -0.15) is 4.31 Å². The van der Waals surface area contributed by atoms with E-state index in [1.807, 2.05) is 24.3 Å². The van der Waals surface area contributed by atoms with Gasteiger partial charge in [-0.15, -0.1) is 0 Å². The van der Waals surface area contributed by atoms with Crippen LogP contribution in [0.3, 0.4) is 0 Å². The van der Waals surface area contributed by atoms with Gasteiger partial charge in [0.05, 0.1) is 12.0 Å². The van der Waals surface area contributed by atoms with Gasteiger partial charge in [-0.1, -0.05) is 12.1 Å². The second kappa shape index (κ2) is 6.02. The van der Waals surface area contributed by atoms with Crippen molar-refractivity contribution < 1.29 is 13.2 Å². The minimum Gasteiger partial charge on any atom is -0.497 e. The molecule has 0 atom stereocenters. The van der Waals surface area contributed by atoms with Crippen molar-refractivity contribution in [1.29, 1.82) is 0 Å². The summed E-state index contributed by atoms with van der Waals surface area (Å²) in [5.41, 5.74) is 0.894. The predicted molar refractivity (Wildman–Crippen MR) is 75.9 cm³/mol. The number of hydrogen-bond donors (Lipinski definition) is 0. The van der Waals surface area contributed by atoms with Gasteiger partial charge in [-0.05, 0) is 29.8 Å². The molecule has 0 saturated heterocycles. The summed E-state index contributed by atoms with van der Waals surface area (Å²) < 4.78 is 31.0. The molecule has 1 aromatic heterocycles. The van der Waals surface area contributed by atoms with Crippen LogP contribution in [0.2, 0.25) is 0 Å². The Balaban J connectivity index is 2.16. The summed E-state index contributed by atoms with van der Waals surface area (Å²) >= 11 is 0. The molecule has 0 aliphatic carbocycles. The lowest BCUT2D eigenvalue weighted by molar-refractivity contribution is 0.414. The van der Waals surface area contributed by atoms with Crippen molar-refractivity contribution in [2.24, 2.45) is 0 Å². The van der Waals surface area contributed by atoms with Gasteiger partial charge in [0, 0.05) is 26.0 Å². The molecule has 106 valence electrons. The Labute approximate surface area is 118 Å². The third-order valence-electron chi connectivity index (χ3n) is 2.92. The highest BCUT2D eigenvalue weighted by Gasteiger charge is 2.20. The highest BCUT2D eigenvalue weighted by atomic mass is 32.2. The smallest absolute Gasteiger partial charge is 0.243 e. The maximum absolute atomic E-state index is 12.3. The standard InChI is InChI=1S/C14H16N2O3S/c1-16(11-12-3-5-13(19-2)6-4-12)20(17,18)14-7-9-15-10-8-14/h3-10H,11H2,1-2H3. The molecule has 0 saturated carbocycles. The number of benzene rings is 1. The summed E-state index contributed by atoms with van der Waals surface area (Å²) in [6, 6.07) is 10.3. The monoisotopic (exact) mass is 292 g/mol. The second-order valence-corrected chi connectivity index (χ2v) is 6.34. The molecule has 0 N–H and O–H groups in total. The number of hydrogen-bond acceptors (Lipinski definition) is 4. The average Bonchev–Trinajstić information content (AvgIpc) is 2.49. The molecule has 5 nitrogen and oxygen atoms in total. The maximum atomic E-state index is 12.3. The first-order valence-corrected chi connectivity index (χ1v) is 7.47. The van der Waals surface area contributed by atoms with Crippen LogP contribution in [-0.2, 0) is 16.6 Å². The van der Waals surface area contributed by atoms with E-state index in [0.29, 0.717) is 6.54 Å². The van der Waals surface area contributed by atoms with E-state index < -0.39 is 10.0 Å². The van der Waals surface area contributed by atoms with E-state index in [2.05, 4.69) is 4.98 Å². The van der Waals surface area contributed by atoms with Crippen LogP contribution < -0.4 is 4.74 Å². The molecular formula is C14H16N2O3S. The number of methoxy groups -OCH3 is 1. The van der Waals surface area contributed by atoms with E-state index in [0.717, 1.165) is 11.3 Å². The van der Waals surface area contributed by atoms with Crippen LogP contribution in [0.1, 0.15) is 5.56 Å². The molecule has 0 amide bonds. The summed E-state index contributed by atoms with van der Waals surface area (Å²) in [6.07, 6.45) is 2.93. The Morgan fingerprint density at radius 1 is 1.10 bits per heavy atom. The summed E-state index contributed by atoms with van der Waals surface area (Å²) in [7, 11) is -0.343. The Morgan fingerprint density at radius 3 is 2.25 bits per heavy atom. The zero-order chi connectivity index (χ0) is 14.6. The van der Waals surface area contributed by atoms with Crippen molar-refractivity contribution in [2.45, 2.75) is 11.4 Å². The number of nitrogens with zero attached hydrogens (tertiary/aromatic N) is 2. The quantitative estimate of drug-likeness (QED) is 0.844. The lowest BCUT2D eigenvalue weighted by atomic mass is 10.2. The number of rotatable bonds is 5. The summed E-state index contributed by atoms with van der Waals surface area (Å²) in [4.78, 5) is 4.06. The van der Waals surface area contributed by atoms with Crippen LogP contribution in [0.5, 0.6) is 5.75 Å². The molecule has 0 radical (unpaired) electrons. The van der Waals surface area contributed by atoms with E-state index >= 15 is 0 Å². The van der Waals surface area contributed by atoms with Gasteiger partial charge in [0.25, 0.3) is 0 Å². The highest BCUT2D eigenvalue weighted by molar-refractivity contribution is 7.89. The SMILES string of the molecule is COc1ccc(CN(C)S(=O)(=O)c2ccncc2)cc1. The van der Waals surface area contributed by atoms with Crippen molar-refractivity contribution in [3.05, 3.63) is 54.4 Å². The van der Waals surface area contributed by atoms with Gasteiger partial charge in [0.2, 0.25) is 10.0 Å². The predicted octanol–water partition coefficient (Wildman–Crippen LogP) is 1.91. The first kappa shape index (κ1) is 14.5. The largest absolute Gasteiger partial charge is 0.497 e. The molecular weight excluding hydrogens is 276 g/mol. The summed E-state index contributed by atoms with van der Waals surface area (Å²) in [6.45, 7) is 0.300. The zero-order valence-corrected chi connectivity index (χ0v) is 12.2. The van der Waals surface area contributed by atoms with Crippen LogP contribution in [0.4, 0.5) is 0 Å². The molecule has 0 aliphatic rings. The van der Waals surface area contributed by atoms with E-state index in [9.17, 15) is 8.42 Å². The highest BCUT2D eigenvalue weighted by Crippen LogP contribution is 2.17. The van der Waals surface area contributed by atoms with Crippen LogP contribution in [0.15, 0.2) is 53.7 Å². The molecule has 1 aromatic carbocycles. The minimum absolute atomic E-state index is 0.239. The fourth-order valence-electron chi connectivity index (χ4n) is 1.76. The number of ether oxygens (including phenoxy) is 1. The van der Waals surface area contributed by atoms with Crippen molar-refractivity contribution >= 4 is 10.0 Å². The molecule has 0 unspecified atom stereocenters. The van der Waals surface area contributed by atoms with Gasteiger partial charge >= 0.3 is 0 Å². The molecule has 0 aliphatic heterocycles. The minimum atomic E-state index is -3.49. The molecule has 0 spiro atoms. The number of pyridine rings is 1. The molecule has 2 rings (SSSR count). The lowest BCUT2D eigenvalue weighted by Crippen LogP contribution is -2.26. The summed E-state index contributed by atoms with van der Waals surface area (Å²) in [5.74, 6) is 0.744. The van der Waals surface area contributed by atoms with Crippen molar-refractivity contribution in [2.75, 3.05) is 14.2 Å². The molecule has 2 aromatic rings. The van der Waals surface area contributed by atoms with Gasteiger partial charge in [-0.25, -0.2) is 8.42 Å². The molecule has 6 heteroatoms. The third-order valence-corrected chi connectivity index (χ3v) is 4.74. The fourth-order valence-corrected chi connectivity index (χ4v) is 2.91. The van der Waals surface area contributed by atoms with Crippen LogP contribution >= 0.6 is 0 Å². The van der Waals surface area contributed by atoms with Crippen molar-refractivity contribution in [3.8, 4) is 5.75 Å². The first-order chi connectivity index (χ1) is 9.54. The van der Waals surface area contributed by atoms with Crippen LogP contribution in [0, 0.1) is 0 Å². The van der Waals surface area contributed by atoms with Gasteiger partial charge in [0.1, 0.15) is 5.75 Å². The van der Waals surface area contributed by atoms with Crippen LogP contribution in [-0.4, -0.2) is 31.9 Å². The van der Waals surface area contributed by atoms with Crippen LogP contribution in [0.25, 0.3) is 0 Å². The Hall–Kier alpha value is -1.92. The van der Waals surface area contributed by atoms with Gasteiger partial charge in [0.15, 0.2) is 0 Å². The van der Waals surface area contributed by atoms with E-state index in [1.165, 1.54) is 28.8 Å². The second-order valence-electron chi connectivity index (χ2n) is 4.29. The molecule has 0 fully saturated rings. The molecule has 0 bridgehead atoms. The van der Waals surface area contributed by atoms with Gasteiger partial charge in [-0.3, -0.25) is 4.98 Å². The molecule has 20 heavy (non-hydrogen) atoms. The van der Waals surface area contributed by atoms with E-state index in [-0.39, 0.29) is 4.90 Å². The topological polar surface area (TPSA) is 59.5 Å². The summed E-state index contributed by atoms with van der Waals surface area (Å²) in [5, 5.41) is 0. The van der Waals surface area contributed by atoms with E-state index in [4.69, 9.17) is 4.74 Å². The zero-order valence-electron chi connectivity index (χ0n) is 11.4.